The van der Waals surface area contributed by atoms with Crippen molar-refractivity contribution in [3.8, 4) is 0 Å². The number of likely N-dealkylation sites (tertiary alicyclic amines) is 1. The largest absolute Gasteiger partial charge is 0.465 e. The van der Waals surface area contributed by atoms with Gasteiger partial charge in [-0.2, -0.15) is 13.2 Å². The van der Waals surface area contributed by atoms with E-state index in [0.717, 1.165) is 17.0 Å². The molecule has 9 nitrogen and oxygen atoms in total. The summed E-state index contributed by atoms with van der Waals surface area (Å²) >= 11 is 0. The third kappa shape index (κ3) is 4.73. The molecule has 1 fully saturated rings. The number of benzene rings is 2. The van der Waals surface area contributed by atoms with E-state index in [9.17, 15) is 34.8 Å². The maximum Gasteiger partial charge on any atom is 0.417 e. The highest BCUT2D eigenvalue weighted by molar-refractivity contribution is 7.91. The Morgan fingerprint density at radius 1 is 0.971 bits per heavy atom. The minimum absolute atomic E-state index is 0.0421. The van der Waals surface area contributed by atoms with Gasteiger partial charge in [-0.3, -0.25) is 0 Å². The van der Waals surface area contributed by atoms with Crippen LogP contribution in [0.2, 0.25) is 0 Å². The van der Waals surface area contributed by atoms with E-state index in [1.165, 1.54) is 24.3 Å². The average molecular weight is 532 g/mol. The van der Waals surface area contributed by atoms with Crippen LogP contribution in [0.5, 0.6) is 0 Å². The fourth-order valence-electron chi connectivity index (χ4n) is 4.04. The Kier molecular flexibility index (Phi) is 6.32. The standard InChI is InChI=1S/C21H20F3N3O6S2/c22-21(23,24)16-7-4-8-17-19(16)18(13-27(17)35(32,33)15-5-2-1-3-6-15)34(30,31)25-14-9-11-26(12-10-14)20(28)29/h1-8,13-14,25H,9-12H2,(H,28,29). The molecule has 2 aromatic carbocycles. The van der Waals surface area contributed by atoms with Crippen molar-refractivity contribution in [2.75, 3.05) is 13.1 Å². The number of fused-ring (bicyclic) bond motifs is 1. The molecule has 4 rings (SSSR count). The van der Waals surface area contributed by atoms with Crippen molar-refractivity contribution >= 4 is 37.0 Å². The molecule has 1 aliphatic rings. The molecule has 3 aromatic rings. The van der Waals surface area contributed by atoms with E-state index in [2.05, 4.69) is 4.72 Å². The first-order chi connectivity index (χ1) is 16.3. The average Bonchev–Trinajstić information content (AvgIpc) is 3.21. The first kappa shape index (κ1) is 25.0. The minimum atomic E-state index is -4.96. The summed E-state index contributed by atoms with van der Waals surface area (Å²) in [7, 11) is -9.06. The molecule has 1 aliphatic heterocycles. The van der Waals surface area contributed by atoms with Gasteiger partial charge in [-0.1, -0.05) is 24.3 Å². The maximum atomic E-state index is 13.9. The van der Waals surface area contributed by atoms with E-state index in [4.69, 9.17) is 5.11 Å². The lowest BCUT2D eigenvalue weighted by molar-refractivity contribution is -0.136. The Bertz CT molecular complexity index is 1480. The van der Waals surface area contributed by atoms with E-state index < -0.39 is 59.7 Å². The second kappa shape index (κ2) is 8.84. The van der Waals surface area contributed by atoms with E-state index in [-0.39, 0.29) is 30.8 Å². The van der Waals surface area contributed by atoms with Crippen LogP contribution in [0.25, 0.3) is 10.9 Å². The predicted octanol–water partition coefficient (Wildman–Crippen LogP) is 3.32. The SMILES string of the molecule is O=C(O)N1CCC(NS(=O)(=O)c2cn(S(=O)(=O)c3ccccc3)c3cccc(C(F)(F)F)c23)CC1. The first-order valence-electron chi connectivity index (χ1n) is 10.3. The predicted molar refractivity (Wildman–Crippen MR) is 119 cm³/mol. The van der Waals surface area contributed by atoms with Crippen molar-refractivity contribution in [2.45, 2.75) is 34.9 Å². The molecule has 14 heteroatoms. The van der Waals surface area contributed by atoms with Crippen molar-refractivity contribution in [1.82, 2.24) is 13.6 Å². The summed E-state index contributed by atoms with van der Waals surface area (Å²) in [5.41, 5.74) is -1.73. The number of nitrogens with one attached hydrogen (secondary N) is 1. The lowest BCUT2D eigenvalue weighted by Gasteiger charge is -2.30. The highest BCUT2D eigenvalue weighted by Crippen LogP contribution is 2.39. The number of hydrogen-bond donors (Lipinski definition) is 2. The van der Waals surface area contributed by atoms with Crippen LogP contribution in [0.4, 0.5) is 18.0 Å². The lowest BCUT2D eigenvalue weighted by atomic mass is 10.1. The summed E-state index contributed by atoms with van der Waals surface area (Å²) in [6, 6.07) is 8.98. The molecule has 0 bridgehead atoms. The molecule has 0 unspecified atom stereocenters. The first-order valence-corrected chi connectivity index (χ1v) is 13.3. The Balaban J connectivity index is 1.85. The normalized spacial score (nSPS) is 16.0. The second-order valence-corrected chi connectivity index (χ2v) is 11.5. The third-order valence-electron chi connectivity index (χ3n) is 5.74. The van der Waals surface area contributed by atoms with Crippen LogP contribution in [0.1, 0.15) is 18.4 Å². The molecule has 2 N–H and O–H groups in total. The van der Waals surface area contributed by atoms with Crippen molar-refractivity contribution in [2.24, 2.45) is 0 Å². The van der Waals surface area contributed by atoms with Gasteiger partial charge in [-0.25, -0.2) is 30.3 Å². The fraction of sp³-hybridized carbons (Fsp3) is 0.286. The van der Waals surface area contributed by atoms with Gasteiger partial charge in [-0.15, -0.1) is 0 Å². The number of halogens is 3. The molecule has 0 spiro atoms. The van der Waals surface area contributed by atoms with E-state index in [0.29, 0.717) is 16.2 Å². The number of hydrogen-bond acceptors (Lipinski definition) is 5. The van der Waals surface area contributed by atoms with Gasteiger partial charge in [0.1, 0.15) is 4.90 Å². The minimum Gasteiger partial charge on any atom is -0.465 e. The molecular formula is C21H20F3N3O6S2. The highest BCUT2D eigenvalue weighted by atomic mass is 32.2. The van der Waals surface area contributed by atoms with E-state index >= 15 is 0 Å². The number of carbonyl (C=O) groups is 1. The quantitative estimate of drug-likeness (QED) is 0.520. The molecule has 0 aliphatic carbocycles. The second-order valence-electron chi connectivity index (χ2n) is 7.97. The summed E-state index contributed by atoms with van der Waals surface area (Å²) in [6.07, 6.45) is -5.22. The Labute approximate surface area is 198 Å². The number of rotatable bonds is 5. The van der Waals surface area contributed by atoms with Gasteiger partial charge in [-0.05, 0) is 37.1 Å². The van der Waals surface area contributed by atoms with Crippen LogP contribution in [0.15, 0.2) is 64.5 Å². The van der Waals surface area contributed by atoms with E-state index in [1.807, 2.05) is 0 Å². The summed E-state index contributed by atoms with van der Waals surface area (Å²) in [4.78, 5) is 11.1. The van der Waals surface area contributed by atoms with Gasteiger partial charge in [0.25, 0.3) is 10.0 Å². The smallest absolute Gasteiger partial charge is 0.417 e. The van der Waals surface area contributed by atoms with Gasteiger partial charge in [0.2, 0.25) is 10.0 Å². The molecule has 0 atom stereocenters. The number of aromatic nitrogens is 1. The van der Waals surface area contributed by atoms with Gasteiger partial charge in [0.15, 0.2) is 0 Å². The molecule has 35 heavy (non-hydrogen) atoms. The Morgan fingerprint density at radius 2 is 1.60 bits per heavy atom. The van der Waals surface area contributed by atoms with Gasteiger partial charge < -0.3 is 10.0 Å². The van der Waals surface area contributed by atoms with E-state index in [1.54, 1.807) is 6.07 Å². The van der Waals surface area contributed by atoms with Crippen LogP contribution in [-0.4, -0.2) is 56.0 Å². The lowest BCUT2D eigenvalue weighted by Crippen LogP contribution is -2.46. The maximum absolute atomic E-state index is 13.9. The number of sulfonamides is 1. The van der Waals surface area contributed by atoms with Crippen LogP contribution < -0.4 is 4.72 Å². The molecule has 1 aromatic heterocycles. The molecule has 188 valence electrons. The van der Waals surface area contributed by atoms with Gasteiger partial charge >= 0.3 is 12.3 Å². The summed E-state index contributed by atoms with van der Waals surface area (Å²) < 4.78 is 97.5. The van der Waals surface area contributed by atoms with Gasteiger partial charge in [0, 0.05) is 30.7 Å². The van der Waals surface area contributed by atoms with Crippen LogP contribution in [0, 0.1) is 0 Å². The molecule has 2 heterocycles. The molecular weight excluding hydrogens is 511 g/mol. The van der Waals surface area contributed by atoms with Gasteiger partial charge in [0.05, 0.1) is 16.0 Å². The van der Waals surface area contributed by atoms with Crippen molar-refractivity contribution in [1.29, 1.82) is 0 Å². The molecule has 0 saturated carbocycles. The molecule has 1 amide bonds. The number of amides is 1. The zero-order chi connectivity index (χ0) is 25.6. The summed E-state index contributed by atoms with van der Waals surface area (Å²) in [5, 5.41) is 8.29. The van der Waals surface area contributed by atoms with Crippen molar-refractivity contribution in [3.05, 3.63) is 60.3 Å². The fourth-order valence-corrected chi connectivity index (χ4v) is 7.02. The molecule has 0 radical (unpaired) electrons. The van der Waals surface area contributed by atoms with Crippen LogP contribution in [-0.2, 0) is 26.2 Å². The Morgan fingerprint density at radius 3 is 2.17 bits per heavy atom. The van der Waals surface area contributed by atoms with Crippen LogP contribution in [0.3, 0.4) is 0 Å². The Hall–Kier alpha value is -3.10. The number of piperidine rings is 1. The zero-order valence-corrected chi connectivity index (χ0v) is 19.6. The number of nitrogens with zero attached hydrogens (tertiary/aromatic N) is 2. The summed E-state index contributed by atoms with van der Waals surface area (Å²) in [6.45, 7) is 0.0843. The molecule has 1 saturated heterocycles. The highest BCUT2D eigenvalue weighted by Gasteiger charge is 2.38. The topological polar surface area (TPSA) is 126 Å². The van der Waals surface area contributed by atoms with Crippen molar-refractivity contribution < 1.29 is 39.9 Å². The number of carboxylic acid groups (broad SMARTS) is 1. The third-order valence-corrected chi connectivity index (χ3v) is 8.96. The van der Waals surface area contributed by atoms with Crippen molar-refractivity contribution in [3.63, 3.8) is 0 Å². The number of alkyl halides is 3. The summed E-state index contributed by atoms with van der Waals surface area (Å²) in [5.74, 6) is 0. The zero-order valence-electron chi connectivity index (χ0n) is 17.9. The van der Waals surface area contributed by atoms with Crippen LogP contribution >= 0.6 is 0 Å². The monoisotopic (exact) mass is 531 g/mol.